The van der Waals surface area contributed by atoms with E-state index in [1.54, 1.807) is 12.1 Å². The van der Waals surface area contributed by atoms with Gasteiger partial charge in [-0.25, -0.2) is 0 Å². The quantitative estimate of drug-likeness (QED) is 0.759. The summed E-state index contributed by atoms with van der Waals surface area (Å²) in [5.74, 6) is 0.356. The molecular formula is C20H27N3O3. The van der Waals surface area contributed by atoms with Crippen molar-refractivity contribution in [3.63, 3.8) is 0 Å². The molecule has 0 unspecified atom stereocenters. The first-order valence-corrected chi connectivity index (χ1v) is 9.55. The van der Waals surface area contributed by atoms with Crippen molar-refractivity contribution in [2.45, 2.75) is 32.1 Å². The van der Waals surface area contributed by atoms with Crippen molar-refractivity contribution in [1.82, 2.24) is 15.5 Å². The number of likely N-dealkylation sites (tertiary alicyclic amines) is 1. The largest absolute Gasteiger partial charge is 0.354 e. The van der Waals surface area contributed by atoms with E-state index in [2.05, 4.69) is 10.6 Å². The van der Waals surface area contributed by atoms with Gasteiger partial charge in [-0.1, -0.05) is 24.6 Å². The Labute approximate surface area is 154 Å². The van der Waals surface area contributed by atoms with Gasteiger partial charge in [0.1, 0.15) is 0 Å². The van der Waals surface area contributed by atoms with E-state index >= 15 is 0 Å². The zero-order chi connectivity index (χ0) is 18.4. The van der Waals surface area contributed by atoms with E-state index in [-0.39, 0.29) is 29.6 Å². The van der Waals surface area contributed by atoms with Crippen LogP contribution in [0.5, 0.6) is 0 Å². The van der Waals surface area contributed by atoms with E-state index in [1.165, 1.54) is 0 Å². The zero-order valence-corrected chi connectivity index (χ0v) is 15.1. The molecular weight excluding hydrogens is 330 g/mol. The van der Waals surface area contributed by atoms with Crippen molar-refractivity contribution in [1.29, 1.82) is 0 Å². The smallest absolute Gasteiger partial charge is 0.251 e. The Morgan fingerprint density at radius 2 is 1.54 bits per heavy atom. The van der Waals surface area contributed by atoms with E-state index in [0.29, 0.717) is 31.7 Å². The number of carbonyl (C=O) groups excluding carboxylic acids is 3. The lowest BCUT2D eigenvalue weighted by molar-refractivity contribution is -0.141. The van der Waals surface area contributed by atoms with Crippen LogP contribution in [0.3, 0.4) is 0 Å². The highest BCUT2D eigenvalue weighted by molar-refractivity contribution is 5.94. The van der Waals surface area contributed by atoms with E-state index in [4.69, 9.17) is 0 Å². The van der Waals surface area contributed by atoms with Crippen LogP contribution in [0, 0.1) is 11.8 Å². The highest BCUT2D eigenvalue weighted by Gasteiger charge is 2.33. The van der Waals surface area contributed by atoms with Gasteiger partial charge in [0, 0.05) is 43.6 Å². The van der Waals surface area contributed by atoms with Gasteiger partial charge in [0.2, 0.25) is 11.8 Å². The Hall–Kier alpha value is -2.37. The fraction of sp³-hybridized carbons (Fsp3) is 0.550. The first kappa shape index (κ1) is 18.4. The van der Waals surface area contributed by atoms with Crippen LogP contribution in [0.25, 0.3) is 0 Å². The topological polar surface area (TPSA) is 78.5 Å². The Bertz CT molecular complexity index is 635. The summed E-state index contributed by atoms with van der Waals surface area (Å²) in [6.45, 7) is 2.17. The molecule has 2 N–H and O–H groups in total. The molecule has 1 aromatic carbocycles. The van der Waals surface area contributed by atoms with Crippen LogP contribution in [0.4, 0.5) is 0 Å². The number of nitrogens with zero attached hydrogens (tertiary/aromatic N) is 1. The maximum absolute atomic E-state index is 12.3. The van der Waals surface area contributed by atoms with Crippen LogP contribution in [0.1, 0.15) is 42.5 Å². The minimum Gasteiger partial charge on any atom is -0.354 e. The van der Waals surface area contributed by atoms with Crippen molar-refractivity contribution in [2.75, 3.05) is 26.2 Å². The minimum atomic E-state index is -0.136. The molecule has 1 saturated carbocycles. The van der Waals surface area contributed by atoms with Crippen LogP contribution in [0.2, 0.25) is 0 Å². The normalized spacial score (nSPS) is 18.1. The van der Waals surface area contributed by atoms with E-state index in [1.807, 2.05) is 23.1 Å². The molecule has 0 aromatic heterocycles. The summed E-state index contributed by atoms with van der Waals surface area (Å²) in [5.41, 5.74) is 0.613. The Balaban J connectivity index is 1.32. The lowest BCUT2D eigenvalue weighted by Crippen LogP contribution is -2.46. The van der Waals surface area contributed by atoms with Crippen LogP contribution >= 0.6 is 0 Å². The zero-order valence-electron chi connectivity index (χ0n) is 15.1. The lowest BCUT2D eigenvalue weighted by atomic mass is 9.83. The molecule has 0 atom stereocenters. The van der Waals surface area contributed by atoms with Gasteiger partial charge in [-0.15, -0.1) is 0 Å². The van der Waals surface area contributed by atoms with Gasteiger partial charge in [0.05, 0.1) is 0 Å². The molecule has 0 radical (unpaired) electrons. The van der Waals surface area contributed by atoms with Crippen molar-refractivity contribution < 1.29 is 14.4 Å². The van der Waals surface area contributed by atoms with Crippen LogP contribution in [-0.2, 0) is 9.59 Å². The van der Waals surface area contributed by atoms with Crippen molar-refractivity contribution in [2.24, 2.45) is 11.8 Å². The summed E-state index contributed by atoms with van der Waals surface area (Å²) in [4.78, 5) is 38.3. The first-order chi connectivity index (χ1) is 12.6. The van der Waals surface area contributed by atoms with Gasteiger partial charge in [-0.05, 0) is 37.8 Å². The molecule has 1 saturated heterocycles. The number of piperidine rings is 1. The average Bonchev–Trinajstić information content (AvgIpc) is 2.64. The maximum Gasteiger partial charge on any atom is 0.251 e. The van der Waals surface area contributed by atoms with Gasteiger partial charge < -0.3 is 15.5 Å². The molecule has 3 amide bonds. The molecule has 6 nitrogen and oxygen atoms in total. The molecule has 140 valence electrons. The molecule has 3 rings (SSSR count). The standard InChI is InChI=1S/C20H27N3O3/c24-18(15-5-2-1-3-6-15)21-11-12-22-19(25)16-9-13-23(14-10-16)20(26)17-7-4-8-17/h1-3,5-6,16-17H,4,7-14H2,(H,21,24)(H,22,25). The van der Waals surface area contributed by atoms with Crippen LogP contribution in [0.15, 0.2) is 30.3 Å². The summed E-state index contributed by atoms with van der Waals surface area (Å²) >= 11 is 0. The highest BCUT2D eigenvalue weighted by atomic mass is 16.2. The fourth-order valence-corrected chi connectivity index (χ4v) is 3.47. The number of hydrogen-bond acceptors (Lipinski definition) is 3. The predicted molar refractivity (Wildman–Crippen MR) is 98.4 cm³/mol. The number of carbonyl (C=O) groups is 3. The van der Waals surface area contributed by atoms with Gasteiger partial charge >= 0.3 is 0 Å². The van der Waals surface area contributed by atoms with Crippen molar-refractivity contribution >= 4 is 17.7 Å². The average molecular weight is 357 g/mol. The van der Waals surface area contributed by atoms with Gasteiger partial charge in [0.15, 0.2) is 0 Å². The highest BCUT2D eigenvalue weighted by Crippen LogP contribution is 2.30. The van der Waals surface area contributed by atoms with E-state index in [0.717, 1.165) is 32.1 Å². The molecule has 2 aliphatic rings. The molecule has 1 aromatic rings. The monoisotopic (exact) mass is 357 g/mol. The number of amides is 3. The Morgan fingerprint density at radius 1 is 0.885 bits per heavy atom. The molecule has 1 aliphatic heterocycles. The molecule has 0 bridgehead atoms. The molecule has 26 heavy (non-hydrogen) atoms. The van der Waals surface area contributed by atoms with Gasteiger partial charge in [0.25, 0.3) is 5.91 Å². The second-order valence-corrected chi connectivity index (χ2v) is 7.14. The number of benzene rings is 1. The van der Waals surface area contributed by atoms with Gasteiger partial charge in [-0.2, -0.15) is 0 Å². The second-order valence-electron chi connectivity index (χ2n) is 7.14. The lowest BCUT2D eigenvalue weighted by Gasteiger charge is -2.36. The predicted octanol–water partition coefficient (Wildman–Crippen LogP) is 1.57. The third kappa shape index (κ3) is 4.62. The first-order valence-electron chi connectivity index (χ1n) is 9.55. The second kappa shape index (κ2) is 8.83. The van der Waals surface area contributed by atoms with Crippen molar-refractivity contribution in [3.8, 4) is 0 Å². The third-order valence-electron chi connectivity index (χ3n) is 5.38. The number of hydrogen-bond donors (Lipinski definition) is 2. The molecule has 2 fully saturated rings. The van der Waals surface area contributed by atoms with Crippen molar-refractivity contribution in [3.05, 3.63) is 35.9 Å². The molecule has 6 heteroatoms. The van der Waals surface area contributed by atoms with E-state index < -0.39 is 0 Å². The van der Waals surface area contributed by atoms with Gasteiger partial charge in [-0.3, -0.25) is 14.4 Å². The van der Waals surface area contributed by atoms with E-state index in [9.17, 15) is 14.4 Å². The molecule has 0 spiro atoms. The Kier molecular flexibility index (Phi) is 6.26. The summed E-state index contributed by atoms with van der Waals surface area (Å²) in [6, 6.07) is 9.01. The third-order valence-corrected chi connectivity index (χ3v) is 5.38. The summed E-state index contributed by atoms with van der Waals surface area (Å²) in [7, 11) is 0. The summed E-state index contributed by atoms with van der Waals surface area (Å²) < 4.78 is 0. The summed E-state index contributed by atoms with van der Waals surface area (Å²) in [6.07, 6.45) is 4.65. The molecule has 1 aliphatic carbocycles. The van der Waals surface area contributed by atoms with Crippen LogP contribution < -0.4 is 10.6 Å². The summed E-state index contributed by atoms with van der Waals surface area (Å²) in [5, 5.41) is 5.69. The van der Waals surface area contributed by atoms with Crippen LogP contribution in [-0.4, -0.2) is 48.8 Å². The molecule has 1 heterocycles. The number of rotatable bonds is 6. The fourth-order valence-electron chi connectivity index (χ4n) is 3.47. The number of nitrogens with one attached hydrogen (secondary N) is 2. The Morgan fingerprint density at radius 3 is 2.15 bits per heavy atom. The minimum absolute atomic E-state index is 0.0229. The maximum atomic E-state index is 12.3. The SMILES string of the molecule is O=C(NCCNC(=O)C1CCN(C(=O)C2CCC2)CC1)c1ccccc1.